The third-order valence-corrected chi connectivity index (χ3v) is 10.9. The second kappa shape index (κ2) is 11.8. The number of thioether (sulfide) groups is 1. The summed E-state index contributed by atoms with van der Waals surface area (Å²) in [5.74, 6) is -0.933. The summed E-state index contributed by atoms with van der Waals surface area (Å²) >= 11 is 1.59. The summed E-state index contributed by atoms with van der Waals surface area (Å²) in [4.78, 5) is 48.9. The average Bonchev–Trinajstić information content (AvgIpc) is 3.30. The lowest BCUT2D eigenvalue weighted by molar-refractivity contribution is -0.138. The molecule has 3 amide bonds. The van der Waals surface area contributed by atoms with Crippen LogP contribution in [0.5, 0.6) is 5.75 Å². The molecule has 0 radical (unpaired) electrons. The number of rotatable bonds is 8. The third-order valence-electron chi connectivity index (χ3n) is 9.13. The maximum atomic E-state index is 14.7. The number of aliphatic hydroxyl groups is 1. The average molecular weight is 602 g/mol. The number of ether oxygens (including phenoxy) is 1. The van der Waals surface area contributed by atoms with Crippen molar-refractivity contribution in [1.29, 1.82) is 0 Å². The molecule has 5 atom stereocenters. The van der Waals surface area contributed by atoms with Crippen LogP contribution in [0.4, 0.5) is 11.4 Å². The minimum absolute atomic E-state index is 0.0173. The van der Waals surface area contributed by atoms with E-state index in [-0.39, 0.29) is 29.6 Å². The molecule has 1 unspecified atom stereocenters. The monoisotopic (exact) mass is 601 g/mol. The normalized spacial score (nSPS) is 28.1. The lowest BCUT2D eigenvalue weighted by atomic mass is 9.78. The van der Waals surface area contributed by atoms with E-state index < -0.39 is 22.6 Å². The summed E-state index contributed by atoms with van der Waals surface area (Å²) in [6.45, 7) is 7.67. The number of anilines is 2. The molecule has 9 heteroatoms. The number of hydrogen-bond acceptors (Lipinski definition) is 6. The Kier molecular flexibility index (Phi) is 8.13. The number of carbonyl (C=O) groups is 3. The van der Waals surface area contributed by atoms with Crippen LogP contribution in [0, 0.1) is 25.7 Å². The van der Waals surface area contributed by atoms with Crippen molar-refractivity contribution in [3.8, 4) is 5.75 Å². The van der Waals surface area contributed by atoms with Crippen LogP contribution in [-0.4, -0.2) is 76.6 Å². The first kappa shape index (κ1) is 29.5. The maximum Gasteiger partial charge on any atom is 0.251 e. The summed E-state index contributed by atoms with van der Waals surface area (Å²) in [5.41, 5.74) is 3.62. The molecular formula is C34H39N3O5S. The number of benzene rings is 2. The van der Waals surface area contributed by atoms with Crippen molar-refractivity contribution in [3.63, 3.8) is 0 Å². The zero-order chi connectivity index (χ0) is 30.3. The predicted molar refractivity (Wildman–Crippen MR) is 169 cm³/mol. The van der Waals surface area contributed by atoms with Crippen LogP contribution < -0.4 is 14.5 Å². The van der Waals surface area contributed by atoms with Gasteiger partial charge in [-0.25, -0.2) is 0 Å². The molecule has 1 spiro atoms. The van der Waals surface area contributed by atoms with Gasteiger partial charge in [-0.3, -0.25) is 14.4 Å². The molecular weight excluding hydrogens is 562 g/mol. The van der Waals surface area contributed by atoms with E-state index >= 15 is 0 Å². The van der Waals surface area contributed by atoms with E-state index in [4.69, 9.17) is 4.74 Å². The van der Waals surface area contributed by atoms with Gasteiger partial charge in [0.25, 0.3) is 5.91 Å². The molecule has 4 aliphatic heterocycles. The Labute approximate surface area is 257 Å². The van der Waals surface area contributed by atoms with E-state index in [1.54, 1.807) is 21.6 Å². The Hall–Kier alpha value is -3.56. The number of fused-ring (bicyclic) bond motifs is 2. The molecule has 2 fully saturated rings. The van der Waals surface area contributed by atoms with Gasteiger partial charge in [0.1, 0.15) is 11.8 Å². The first-order valence-electron chi connectivity index (χ1n) is 15.2. The van der Waals surface area contributed by atoms with Crippen molar-refractivity contribution < 1.29 is 24.2 Å². The predicted octanol–water partition coefficient (Wildman–Crippen LogP) is 4.28. The molecule has 226 valence electrons. The summed E-state index contributed by atoms with van der Waals surface area (Å²) < 4.78 is 4.72. The zero-order valence-corrected chi connectivity index (χ0v) is 25.8. The highest BCUT2D eigenvalue weighted by molar-refractivity contribution is 8.02. The SMILES string of the molecule is CCOc1ccc(N2CC=C[C@H]3S[C@]45C=CCN(c6c(C)cccc6C)C(=O)C4N(CCCCO)C(=O)[C@@H]5[C@H]3C2=O)cc1. The third kappa shape index (κ3) is 4.86. The van der Waals surface area contributed by atoms with E-state index in [0.717, 1.165) is 28.3 Å². The highest BCUT2D eigenvalue weighted by Crippen LogP contribution is 2.61. The molecule has 4 aliphatic rings. The molecule has 1 N–H and O–H groups in total. The second-order valence-corrected chi connectivity index (χ2v) is 13.2. The van der Waals surface area contributed by atoms with Gasteiger partial charge in [-0.15, -0.1) is 11.8 Å². The molecule has 8 nitrogen and oxygen atoms in total. The number of aliphatic hydroxyl groups excluding tert-OH is 1. The summed E-state index contributed by atoms with van der Waals surface area (Å²) in [5, 5.41) is 9.26. The minimum atomic E-state index is -0.879. The second-order valence-electron chi connectivity index (χ2n) is 11.7. The molecule has 0 bridgehead atoms. The first-order valence-corrected chi connectivity index (χ1v) is 16.1. The number of unbranched alkanes of at least 4 members (excludes halogenated alkanes) is 1. The van der Waals surface area contributed by atoms with E-state index in [1.807, 2.05) is 80.3 Å². The Morgan fingerprint density at radius 1 is 0.930 bits per heavy atom. The number of amides is 3. The number of para-hydroxylation sites is 1. The molecule has 2 aromatic carbocycles. The minimum Gasteiger partial charge on any atom is -0.494 e. The van der Waals surface area contributed by atoms with Gasteiger partial charge in [0.15, 0.2) is 0 Å². The molecule has 43 heavy (non-hydrogen) atoms. The Balaban J connectivity index is 1.41. The van der Waals surface area contributed by atoms with Gasteiger partial charge in [0, 0.05) is 42.9 Å². The van der Waals surface area contributed by atoms with Crippen molar-refractivity contribution in [3.05, 3.63) is 77.9 Å². The van der Waals surface area contributed by atoms with Gasteiger partial charge in [-0.2, -0.15) is 0 Å². The van der Waals surface area contributed by atoms with Crippen LogP contribution >= 0.6 is 11.8 Å². The first-order chi connectivity index (χ1) is 20.8. The van der Waals surface area contributed by atoms with Gasteiger partial charge in [-0.05, 0) is 69.0 Å². The van der Waals surface area contributed by atoms with Gasteiger partial charge >= 0.3 is 0 Å². The van der Waals surface area contributed by atoms with Crippen molar-refractivity contribution in [2.24, 2.45) is 11.8 Å². The largest absolute Gasteiger partial charge is 0.494 e. The molecule has 6 rings (SSSR count). The lowest BCUT2D eigenvalue weighted by Gasteiger charge is -2.36. The fourth-order valence-corrected chi connectivity index (χ4v) is 9.33. The maximum absolute atomic E-state index is 14.7. The van der Waals surface area contributed by atoms with Crippen LogP contribution in [0.25, 0.3) is 0 Å². The van der Waals surface area contributed by atoms with Crippen molar-refractivity contribution in [2.75, 3.05) is 42.6 Å². The quantitative estimate of drug-likeness (QED) is 0.359. The number of nitrogens with zero attached hydrogens (tertiary/aromatic N) is 3. The van der Waals surface area contributed by atoms with Crippen LogP contribution in [0.1, 0.15) is 30.9 Å². The number of carbonyl (C=O) groups excluding carboxylic acids is 3. The number of likely N-dealkylation sites (tertiary alicyclic amines) is 1. The standard InChI is InChI=1S/C34H39N3O5S/c1-4-42-25-15-13-24(14-16-25)35-19-8-12-26-27(31(35)39)28-32(40)37(18-5-6-21-38)30-33(41)36(20-9-17-34(28,30)43-26)29-22(2)10-7-11-23(29)3/h7-17,26-28,30,38H,4-6,18-21H2,1-3H3/t26-,27+,28+,30?,34+/m1/s1. The van der Waals surface area contributed by atoms with Crippen LogP contribution in [0.15, 0.2) is 66.8 Å². The van der Waals surface area contributed by atoms with Gasteiger partial charge in [0.2, 0.25) is 11.8 Å². The Bertz CT molecular complexity index is 1450. The van der Waals surface area contributed by atoms with Crippen LogP contribution in [-0.2, 0) is 14.4 Å². The number of aryl methyl sites for hydroxylation is 2. The Morgan fingerprint density at radius 3 is 2.35 bits per heavy atom. The molecule has 2 saturated heterocycles. The summed E-state index contributed by atoms with van der Waals surface area (Å²) in [6.07, 6.45) is 9.24. The molecule has 0 aliphatic carbocycles. The van der Waals surface area contributed by atoms with Crippen LogP contribution in [0.3, 0.4) is 0 Å². The van der Waals surface area contributed by atoms with Gasteiger partial charge < -0.3 is 24.5 Å². The van der Waals surface area contributed by atoms with E-state index in [0.29, 0.717) is 39.1 Å². The Morgan fingerprint density at radius 2 is 1.65 bits per heavy atom. The molecule has 0 aromatic heterocycles. The highest BCUT2D eigenvalue weighted by atomic mass is 32.2. The topological polar surface area (TPSA) is 90.4 Å². The zero-order valence-electron chi connectivity index (χ0n) is 24.9. The van der Waals surface area contributed by atoms with Gasteiger partial charge in [-0.1, -0.05) is 42.5 Å². The fraction of sp³-hybridized carbons (Fsp3) is 0.441. The summed E-state index contributed by atoms with van der Waals surface area (Å²) in [7, 11) is 0. The number of hydrogen-bond donors (Lipinski definition) is 1. The van der Waals surface area contributed by atoms with Crippen LogP contribution in [0.2, 0.25) is 0 Å². The van der Waals surface area contributed by atoms with Gasteiger partial charge in [0.05, 0.1) is 23.2 Å². The fourth-order valence-electron chi connectivity index (χ4n) is 7.32. The smallest absolute Gasteiger partial charge is 0.251 e. The molecule has 0 saturated carbocycles. The summed E-state index contributed by atoms with van der Waals surface area (Å²) in [6, 6.07) is 12.7. The van der Waals surface area contributed by atoms with Crippen molar-refractivity contribution in [1.82, 2.24) is 4.90 Å². The molecule has 2 aromatic rings. The molecule has 4 heterocycles. The van der Waals surface area contributed by atoms with Crippen molar-refractivity contribution >= 4 is 40.9 Å². The van der Waals surface area contributed by atoms with E-state index in [9.17, 15) is 19.5 Å². The lowest BCUT2D eigenvalue weighted by Crippen LogP contribution is -2.53. The van der Waals surface area contributed by atoms with Crippen molar-refractivity contribution in [2.45, 2.75) is 49.7 Å². The van der Waals surface area contributed by atoms with E-state index in [2.05, 4.69) is 12.2 Å². The van der Waals surface area contributed by atoms with E-state index in [1.165, 1.54) is 0 Å². The highest BCUT2D eigenvalue weighted by Gasteiger charge is 2.71.